The maximum absolute atomic E-state index is 10.7. The Morgan fingerprint density at radius 2 is 1.89 bits per heavy atom. The van der Waals surface area contributed by atoms with Gasteiger partial charge in [0, 0.05) is 54.9 Å². The molecule has 1 aliphatic heterocycles. The molecule has 1 aliphatic rings. The summed E-state index contributed by atoms with van der Waals surface area (Å²) in [6, 6.07) is 10.2. The molecule has 0 unspecified atom stereocenters. The number of non-ortho nitro benzene ring substituents is 1. The Hall–Kier alpha value is -2.74. The van der Waals surface area contributed by atoms with Gasteiger partial charge in [0.25, 0.3) is 5.69 Å². The molecule has 0 radical (unpaired) electrons. The molecule has 0 amide bonds. The highest BCUT2D eigenvalue weighted by Gasteiger charge is 2.22. The zero-order valence-corrected chi connectivity index (χ0v) is 16.0. The number of aromatic nitrogens is 2. The van der Waals surface area contributed by atoms with Crippen LogP contribution in [-0.4, -0.2) is 34.1 Å². The number of ether oxygens (including phenoxy) is 1. The van der Waals surface area contributed by atoms with E-state index in [9.17, 15) is 10.1 Å². The highest BCUT2D eigenvalue weighted by atomic mass is 79.9. The molecule has 4 rings (SSSR count). The summed E-state index contributed by atoms with van der Waals surface area (Å²) in [5.41, 5.74) is 2.92. The second-order valence-corrected chi connectivity index (χ2v) is 7.32. The van der Waals surface area contributed by atoms with Gasteiger partial charge in [0.1, 0.15) is 17.4 Å². The fourth-order valence-electron chi connectivity index (χ4n) is 3.30. The van der Waals surface area contributed by atoms with E-state index < -0.39 is 4.92 Å². The molecule has 8 heteroatoms. The Bertz CT molecular complexity index is 972. The molecule has 3 aromatic rings. The first-order chi connectivity index (χ1) is 13.1. The van der Waals surface area contributed by atoms with E-state index in [1.807, 2.05) is 18.3 Å². The first-order valence-electron chi connectivity index (χ1n) is 8.66. The maximum Gasteiger partial charge on any atom is 0.269 e. The number of halogens is 1. The molecule has 0 atom stereocenters. The van der Waals surface area contributed by atoms with Crippen molar-refractivity contribution in [3.8, 4) is 5.75 Å². The summed E-state index contributed by atoms with van der Waals surface area (Å²) >= 11 is 3.43. The van der Waals surface area contributed by atoms with Crippen LogP contribution in [0, 0.1) is 10.1 Å². The normalized spacial score (nSPS) is 15.1. The molecule has 2 aromatic heterocycles. The Morgan fingerprint density at radius 3 is 2.59 bits per heavy atom. The third-order valence-corrected chi connectivity index (χ3v) is 5.09. The average Bonchev–Trinajstić information content (AvgIpc) is 2.68. The maximum atomic E-state index is 10.7. The van der Waals surface area contributed by atoms with Crippen molar-refractivity contribution in [2.45, 2.75) is 18.9 Å². The van der Waals surface area contributed by atoms with Crippen LogP contribution >= 0.6 is 15.9 Å². The van der Waals surface area contributed by atoms with Gasteiger partial charge in [0.2, 0.25) is 0 Å². The monoisotopic (exact) mass is 428 g/mol. The van der Waals surface area contributed by atoms with Crippen LogP contribution in [0.5, 0.6) is 5.75 Å². The Kier molecular flexibility index (Phi) is 4.89. The lowest BCUT2D eigenvalue weighted by molar-refractivity contribution is -0.384. The van der Waals surface area contributed by atoms with Crippen LogP contribution in [0.15, 0.2) is 53.3 Å². The Morgan fingerprint density at radius 1 is 1.15 bits per heavy atom. The van der Waals surface area contributed by atoms with E-state index in [1.54, 1.807) is 18.3 Å². The minimum absolute atomic E-state index is 0.0703. The van der Waals surface area contributed by atoms with Gasteiger partial charge in [-0.2, -0.15) is 0 Å². The van der Waals surface area contributed by atoms with Crippen molar-refractivity contribution >= 4 is 38.3 Å². The lowest BCUT2D eigenvalue weighted by Gasteiger charge is -2.34. The van der Waals surface area contributed by atoms with Crippen LogP contribution in [0.4, 0.5) is 11.4 Å². The number of anilines is 1. The van der Waals surface area contributed by atoms with Crippen LogP contribution in [0.3, 0.4) is 0 Å². The molecule has 27 heavy (non-hydrogen) atoms. The van der Waals surface area contributed by atoms with Gasteiger partial charge in [-0.25, -0.2) is 0 Å². The third-order valence-electron chi connectivity index (χ3n) is 4.66. The minimum atomic E-state index is -0.409. The zero-order valence-electron chi connectivity index (χ0n) is 14.4. The second kappa shape index (κ2) is 7.48. The number of benzene rings is 1. The van der Waals surface area contributed by atoms with Gasteiger partial charge in [0.05, 0.1) is 16.1 Å². The molecule has 138 valence electrons. The molecule has 7 nitrogen and oxygen atoms in total. The third kappa shape index (κ3) is 3.85. The SMILES string of the molecule is O=[N+]([O-])c1ccc(OC2CCN(c3ccnc4cc(Br)cnc34)CC2)cc1. The van der Waals surface area contributed by atoms with E-state index >= 15 is 0 Å². The van der Waals surface area contributed by atoms with Gasteiger partial charge < -0.3 is 9.64 Å². The number of rotatable bonds is 4. The number of hydrogen-bond acceptors (Lipinski definition) is 6. The van der Waals surface area contributed by atoms with E-state index in [0.29, 0.717) is 5.75 Å². The van der Waals surface area contributed by atoms with Crippen molar-refractivity contribution in [2.75, 3.05) is 18.0 Å². The van der Waals surface area contributed by atoms with Crippen molar-refractivity contribution in [3.63, 3.8) is 0 Å². The Balaban J connectivity index is 1.42. The lowest BCUT2D eigenvalue weighted by Crippen LogP contribution is -2.38. The van der Waals surface area contributed by atoms with Crippen molar-refractivity contribution < 1.29 is 9.66 Å². The predicted octanol–water partition coefficient (Wildman–Crippen LogP) is 4.35. The largest absolute Gasteiger partial charge is 0.490 e. The molecule has 3 heterocycles. The van der Waals surface area contributed by atoms with E-state index in [0.717, 1.165) is 47.1 Å². The van der Waals surface area contributed by atoms with Crippen molar-refractivity contribution in [2.24, 2.45) is 0 Å². The summed E-state index contributed by atoms with van der Waals surface area (Å²) in [6.45, 7) is 1.71. The topological polar surface area (TPSA) is 81.4 Å². The number of pyridine rings is 2. The number of fused-ring (bicyclic) bond motifs is 1. The molecule has 1 fully saturated rings. The van der Waals surface area contributed by atoms with Gasteiger partial charge in [0.15, 0.2) is 0 Å². The van der Waals surface area contributed by atoms with Crippen LogP contribution < -0.4 is 9.64 Å². The van der Waals surface area contributed by atoms with E-state index in [4.69, 9.17) is 4.74 Å². The average molecular weight is 429 g/mol. The molecule has 0 spiro atoms. The van der Waals surface area contributed by atoms with Crippen molar-refractivity contribution in [1.29, 1.82) is 0 Å². The molecule has 1 saturated heterocycles. The van der Waals surface area contributed by atoms with Gasteiger partial charge in [-0.15, -0.1) is 0 Å². The van der Waals surface area contributed by atoms with Crippen molar-refractivity contribution in [1.82, 2.24) is 9.97 Å². The zero-order chi connectivity index (χ0) is 18.8. The van der Waals surface area contributed by atoms with E-state index in [1.165, 1.54) is 12.1 Å². The molecular weight excluding hydrogens is 412 g/mol. The number of hydrogen-bond donors (Lipinski definition) is 0. The second-order valence-electron chi connectivity index (χ2n) is 6.41. The molecule has 0 N–H and O–H groups in total. The highest BCUT2D eigenvalue weighted by molar-refractivity contribution is 9.10. The van der Waals surface area contributed by atoms with E-state index in [-0.39, 0.29) is 11.8 Å². The number of nitro benzene ring substituents is 1. The fourth-order valence-corrected chi connectivity index (χ4v) is 3.62. The van der Waals surface area contributed by atoms with E-state index in [2.05, 4.69) is 30.8 Å². The summed E-state index contributed by atoms with van der Waals surface area (Å²) in [7, 11) is 0. The molecule has 0 aliphatic carbocycles. The predicted molar refractivity (Wildman–Crippen MR) is 106 cm³/mol. The standard InChI is InChI=1S/C19H17BrN4O3/c20-13-11-17-19(22-12-13)18(5-8-21-17)23-9-6-16(7-10-23)27-15-3-1-14(2-4-15)24(25)26/h1-5,8,11-12,16H,6-7,9-10H2. The lowest BCUT2D eigenvalue weighted by atomic mass is 10.1. The Labute approximate surface area is 164 Å². The van der Waals surface area contributed by atoms with Gasteiger partial charge in [-0.1, -0.05) is 0 Å². The van der Waals surface area contributed by atoms with Crippen molar-refractivity contribution in [3.05, 3.63) is 63.4 Å². The summed E-state index contributed by atoms with van der Waals surface area (Å²) in [5, 5.41) is 10.7. The number of nitro groups is 1. The summed E-state index contributed by atoms with van der Waals surface area (Å²) in [5.74, 6) is 0.667. The first-order valence-corrected chi connectivity index (χ1v) is 9.46. The van der Waals surface area contributed by atoms with Gasteiger partial charge in [-0.3, -0.25) is 20.1 Å². The van der Waals surface area contributed by atoms with Gasteiger partial charge in [-0.05, 0) is 40.2 Å². The number of nitrogens with zero attached hydrogens (tertiary/aromatic N) is 4. The number of piperidine rings is 1. The van der Waals surface area contributed by atoms with Crippen LogP contribution in [0.1, 0.15) is 12.8 Å². The summed E-state index contributed by atoms with van der Waals surface area (Å²) in [4.78, 5) is 21.6. The highest BCUT2D eigenvalue weighted by Crippen LogP contribution is 2.29. The quantitative estimate of drug-likeness (QED) is 0.453. The van der Waals surface area contributed by atoms with Crippen LogP contribution in [0.2, 0.25) is 0 Å². The molecule has 0 saturated carbocycles. The first kappa shape index (κ1) is 17.7. The minimum Gasteiger partial charge on any atom is -0.490 e. The smallest absolute Gasteiger partial charge is 0.269 e. The van der Waals surface area contributed by atoms with Crippen LogP contribution in [0.25, 0.3) is 11.0 Å². The molecule has 0 bridgehead atoms. The molecular formula is C19H17BrN4O3. The summed E-state index contributed by atoms with van der Waals surface area (Å²) < 4.78 is 6.91. The van der Waals surface area contributed by atoms with Gasteiger partial charge >= 0.3 is 0 Å². The fraction of sp³-hybridized carbons (Fsp3) is 0.263. The van der Waals surface area contributed by atoms with Crippen LogP contribution in [-0.2, 0) is 0 Å². The molecule has 1 aromatic carbocycles. The summed E-state index contributed by atoms with van der Waals surface area (Å²) in [6.07, 6.45) is 5.44.